The van der Waals surface area contributed by atoms with Crippen molar-refractivity contribution >= 4 is 17.7 Å². The zero-order valence-corrected chi connectivity index (χ0v) is 10.0. The van der Waals surface area contributed by atoms with Gasteiger partial charge < -0.3 is 5.11 Å². The zero-order valence-electron chi connectivity index (χ0n) is 9.19. The van der Waals surface area contributed by atoms with Gasteiger partial charge in [0.25, 0.3) is 0 Å². The third-order valence-electron chi connectivity index (χ3n) is 3.50. The standard InChI is InChI=1S/C11H19NO2S/c1-8-4-9(5-8)12-2-3-15-7-10(12)6-11(13)14/h8-10H,2-7H2,1H3,(H,13,14). The minimum absolute atomic E-state index is 0.277. The summed E-state index contributed by atoms with van der Waals surface area (Å²) < 4.78 is 0. The van der Waals surface area contributed by atoms with Crippen molar-refractivity contribution < 1.29 is 9.90 Å². The first-order valence-electron chi connectivity index (χ1n) is 5.72. The Kier molecular flexibility index (Phi) is 3.57. The molecule has 1 heterocycles. The summed E-state index contributed by atoms with van der Waals surface area (Å²) in [5.41, 5.74) is 0. The number of rotatable bonds is 3. The van der Waals surface area contributed by atoms with Gasteiger partial charge in [-0.2, -0.15) is 11.8 Å². The molecule has 0 aromatic heterocycles. The lowest BCUT2D eigenvalue weighted by atomic mass is 9.80. The molecular weight excluding hydrogens is 210 g/mol. The Balaban J connectivity index is 1.90. The van der Waals surface area contributed by atoms with Crippen LogP contribution in [0.25, 0.3) is 0 Å². The van der Waals surface area contributed by atoms with Crippen molar-refractivity contribution in [2.45, 2.75) is 38.3 Å². The van der Waals surface area contributed by atoms with Gasteiger partial charge >= 0.3 is 5.97 Å². The van der Waals surface area contributed by atoms with E-state index >= 15 is 0 Å². The molecule has 86 valence electrons. The fourth-order valence-corrected chi connectivity index (χ4v) is 3.74. The van der Waals surface area contributed by atoms with Crippen LogP contribution in [-0.4, -0.2) is 46.1 Å². The summed E-state index contributed by atoms with van der Waals surface area (Å²) in [6.07, 6.45) is 2.85. The maximum atomic E-state index is 10.8. The molecule has 0 aromatic carbocycles. The van der Waals surface area contributed by atoms with E-state index in [0.717, 1.165) is 18.2 Å². The highest BCUT2D eigenvalue weighted by Crippen LogP contribution is 2.35. The number of hydrogen-bond acceptors (Lipinski definition) is 3. The van der Waals surface area contributed by atoms with E-state index in [1.807, 2.05) is 11.8 Å². The van der Waals surface area contributed by atoms with Gasteiger partial charge in [0.05, 0.1) is 6.42 Å². The van der Waals surface area contributed by atoms with Crippen molar-refractivity contribution in [3.63, 3.8) is 0 Å². The zero-order chi connectivity index (χ0) is 10.8. The van der Waals surface area contributed by atoms with Crippen LogP contribution in [-0.2, 0) is 4.79 Å². The molecule has 2 rings (SSSR count). The molecule has 3 nitrogen and oxygen atoms in total. The molecule has 0 amide bonds. The minimum atomic E-state index is -0.653. The van der Waals surface area contributed by atoms with E-state index in [1.54, 1.807) is 0 Å². The third kappa shape index (κ3) is 2.67. The van der Waals surface area contributed by atoms with Gasteiger partial charge in [-0.25, -0.2) is 0 Å². The van der Waals surface area contributed by atoms with Crippen LogP contribution in [0.2, 0.25) is 0 Å². The molecule has 0 bridgehead atoms. The summed E-state index contributed by atoms with van der Waals surface area (Å²) >= 11 is 1.90. The fourth-order valence-electron chi connectivity index (χ4n) is 2.66. The second-order valence-electron chi connectivity index (χ2n) is 4.79. The van der Waals surface area contributed by atoms with Gasteiger partial charge in [-0.15, -0.1) is 0 Å². The van der Waals surface area contributed by atoms with Crippen molar-refractivity contribution in [3.05, 3.63) is 0 Å². The van der Waals surface area contributed by atoms with Crippen LogP contribution in [0.5, 0.6) is 0 Å². The maximum Gasteiger partial charge on any atom is 0.304 e. The molecule has 0 spiro atoms. The molecule has 2 aliphatic rings. The SMILES string of the molecule is CC1CC(N2CCSCC2CC(=O)O)C1. The quantitative estimate of drug-likeness (QED) is 0.799. The first-order valence-corrected chi connectivity index (χ1v) is 6.87. The Bertz CT molecular complexity index is 241. The van der Waals surface area contributed by atoms with Crippen molar-refractivity contribution in [3.8, 4) is 0 Å². The molecule has 4 heteroatoms. The molecule has 15 heavy (non-hydrogen) atoms. The smallest absolute Gasteiger partial charge is 0.304 e. The first-order chi connectivity index (χ1) is 7.16. The van der Waals surface area contributed by atoms with E-state index in [4.69, 9.17) is 5.11 Å². The second-order valence-corrected chi connectivity index (χ2v) is 5.94. The molecule has 1 saturated carbocycles. The highest BCUT2D eigenvalue weighted by Gasteiger charge is 2.36. The summed E-state index contributed by atoms with van der Waals surface area (Å²) in [5.74, 6) is 2.35. The van der Waals surface area contributed by atoms with Crippen molar-refractivity contribution in [2.75, 3.05) is 18.1 Å². The highest BCUT2D eigenvalue weighted by molar-refractivity contribution is 7.99. The van der Waals surface area contributed by atoms with E-state index in [1.165, 1.54) is 18.6 Å². The molecule has 1 N–H and O–H groups in total. The molecule has 1 unspecified atom stereocenters. The van der Waals surface area contributed by atoms with Crippen LogP contribution in [0.4, 0.5) is 0 Å². The second kappa shape index (κ2) is 4.74. The van der Waals surface area contributed by atoms with E-state index in [9.17, 15) is 4.79 Å². The summed E-state index contributed by atoms with van der Waals surface area (Å²) in [5, 5.41) is 8.87. The van der Waals surface area contributed by atoms with Gasteiger partial charge in [0.2, 0.25) is 0 Å². The molecule has 1 aliphatic heterocycles. The summed E-state index contributed by atoms with van der Waals surface area (Å²) in [7, 11) is 0. The highest BCUT2D eigenvalue weighted by atomic mass is 32.2. The van der Waals surface area contributed by atoms with Crippen LogP contribution in [0.3, 0.4) is 0 Å². The molecule has 1 aliphatic carbocycles. The Labute approximate surface area is 95.2 Å². The first kappa shape index (κ1) is 11.3. The molecule has 1 atom stereocenters. The number of hydrogen-bond donors (Lipinski definition) is 1. The monoisotopic (exact) mass is 229 g/mol. The maximum absolute atomic E-state index is 10.8. The van der Waals surface area contributed by atoms with Gasteiger partial charge in [-0.05, 0) is 18.8 Å². The lowest BCUT2D eigenvalue weighted by molar-refractivity contribution is -0.138. The fraction of sp³-hybridized carbons (Fsp3) is 0.909. The normalized spacial score (nSPS) is 37.3. The summed E-state index contributed by atoms with van der Waals surface area (Å²) in [4.78, 5) is 13.2. The van der Waals surface area contributed by atoms with Crippen molar-refractivity contribution in [1.29, 1.82) is 0 Å². The molecule has 0 radical (unpaired) electrons. The van der Waals surface area contributed by atoms with Crippen LogP contribution in [0, 0.1) is 5.92 Å². The van der Waals surface area contributed by atoms with E-state index in [2.05, 4.69) is 11.8 Å². The Hall–Kier alpha value is -0.220. The lowest BCUT2D eigenvalue weighted by Gasteiger charge is -2.47. The molecule has 2 fully saturated rings. The number of aliphatic carboxylic acids is 1. The minimum Gasteiger partial charge on any atom is -0.481 e. The van der Waals surface area contributed by atoms with Crippen molar-refractivity contribution in [2.24, 2.45) is 5.92 Å². The van der Waals surface area contributed by atoms with Crippen molar-refractivity contribution in [1.82, 2.24) is 4.90 Å². The lowest BCUT2D eigenvalue weighted by Crippen LogP contribution is -2.53. The number of thioether (sulfide) groups is 1. The molecule has 1 saturated heterocycles. The largest absolute Gasteiger partial charge is 0.481 e. The van der Waals surface area contributed by atoms with Gasteiger partial charge in [0.1, 0.15) is 0 Å². The molecule has 0 aromatic rings. The number of nitrogens with zero attached hydrogens (tertiary/aromatic N) is 1. The van der Waals surface area contributed by atoms with E-state index in [-0.39, 0.29) is 6.04 Å². The molecular formula is C11H19NO2S. The predicted molar refractivity (Wildman–Crippen MR) is 62.3 cm³/mol. The summed E-state index contributed by atoms with van der Waals surface area (Å²) in [6, 6.07) is 0.948. The average molecular weight is 229 g/mol. The number of carboxylic acids is 1. The van der Waals surface area contributed by atoms with Crippen LogP contribution < -0.4 is 0 Å². The number of carboxylic acid groups (broad SMARTS) is 1. The average Bonchev–Trinajstić information content (AvgIpc) is 2.13. The number of carbonyl (C=O) groups is 1. The predicted octanol–water partition coefficient (Wildman–Crippen LogP) is 1.68. The Morgan fingerprint density at radius 2 is 2.27 bits per heavy atom. The topological polar surface area (TPSA) is 40.5 Å². The Morgan fingerprint density at radius 3 is 2.87 bits per heavy atom. The van der Waals surface area contributed by atoms with E-state index in [0.29, 0.717) is 12.5 Å². The third-order valence-corrected chi connectivity index (χ3v) is 4.59. The van der Waals surface area contributed by atoms with Crippen LogP contribution >= 0.6 is 11.8 Å². The van der Waals surface area contributed by atoms with Gasteiger partial charge in [-0.1, -0.05) is 6.92 Å². The summed E-state index contributed by atoms with van der Waals surface area (Å²) in [6.45, 7) is 3.36. The van der Waals surface area contributed by atoms with Gasteiger partial charge in [0, 0.05) is 30.1 Å². The van der Waals surface area contributed by atoms with Gasteiger partial charge in [0.15, 0.2) is 0 Å². The van der Waals surface area contributed by atoms with Crippen LogP contribution in [0.1, 0.15) is 26.2 Å². The van der Waals surface area contributed by atoms with Crippen LogP contribution in [0.15, 0.2) is 0 Å². The van der Waals surface area contributed by atoms with Gasteiger partial charge in [-0.3, -0.25) is 9.69 Å². The van der Waals surface area contributed by atoms with E-state index < -0.39 is 5.97 Å². The Morgan fingerprint density at radius 1 is 1.53 bits per heavy atom.